The zero-order valence-electron chi connectivity index (χ0n) is 17.6. The van der Waals surface area contributed by atoms with E-state index in [-0.39, 0.29) is 17.9 Å². The lowest BCUT2D eigenvalue weighted by atomic mass is 9.97. The molecular formula is C24H36N2O2. The van der Waals surface area contributed by atoms with Gasteiger partial charge in [-0.3, -0.25) is 19.8 Å². The van der Waals surface area contributed by atoms with Crippen molar-refractivity contribution < 1.29 is 9.59 Å². The van der Waals surface area contributed by atoms with Crippen molar-refractivity contribution in [3.8, 4) is 0 Å². The number of unbranched alkanes of at least 4 members (excludes halogenated alkanes) is 8. The normalized spacial score (nSPS) is 15.0. The maximum absolute atomic E-state index is 12.2. The molecule has 2 amide bonds. The highest BCUT2D eigenvalue weighted by atomic mass is 16.2. The molecule has 1 aromatic carbocycles. The van der Waals surface area contributed by atoms with E-state index in [2.05, 4.69) is 29.3 Å². The first-order valence-corrected chi connectivity index (χ1v) is 10.9. The highest BCUT2D eigenvalue weighted by Gasteiger charge is 2.30. The Balaban J connectivity index is 1.83. The Morgan fingerprint density at radius 1 is 0.893 bits per heavy atom. The van der Waals surface area contributed by atoms with Gasteiger partial charge in [0.05, 0.1) is 0 Å². The van der Waals surface area contributed by atoms with E-state index in [4.69, 9.17) is 0 Å². The number of nitrogens with zero attached hydrogens (tertiary/aromatic N) is 1. The molecule has 28 heavy (non-hydrogen) atoms. The molecule has 0 saturated heterocycles. The molecule has 0 spiro atoms. The predicted molar refractivity (Wildman–Crippen MR) is 115 cm³/mol. The number of likely N-dealkylation sites (N-methyl/N-ethyl adjacent to an activating group) is 1. The van der Waals surface area contributed by atoms with E-state index in [0.717, 1.165) is 19.4 Å². The molecule has 2 rings (SSSR count). The molecule has 0 radical (unpaired) electrons. The number of nitrogens with one attached hydrogen (secondary N) is 1. The molecule has 0 aromatic heterocycles. The summed E-state index contributed by atoms with van der Waals surface area (Å²) in [6.45, 7) is 3.01. The van der Waals surface area contributed by atoms with E-state index >= 15 is 0 Å². The van der Waals surface area contributed by atoms with Gasteiger partial charge in [0.25, 0.3) is 11.8 Å². The van der Waals surface area contributed by atoms with Crippen molar-refractivity contribution in [2.75, 3.05) is 7.05 Å². The van der Waals surface area contributed by atoms with Crippen LogP contribution in [0.25, 0.3) is 0 Å². The number of hydrogen-bond donors (Lipinski definition) is 1. The Morgan fingerprint density at radius 2 is 1.50 bits per heavy atom. The van der Waals surface area contributed by atoms with Crippen LogP contribution in [0.1, 0.15) is 76.7 Å². The van der Waals surface area contributed by atoms with Crippen molar-refractivity contribution in [1.82, 2.24) is 10.2 Å². The molecule has 1 aromatic rings. The average molecular weight is 385 g/mol. The molecule has 0 aliphatic carbocycles. The highest BCUT2D eigenvalue weighted by molar-refractivity contribution is 6.16. The summed E-state index contributed by atoms with van der Waals surface area (Å²) in [4.78, 5) is 26.1. The summed E-state index contributed by atoms with van der Waals surface area (Å²) in [5, 5.41) is 2.40. The summed E-state index contributed by atoms with van der Waals surface area (Å²) >= 11 is 0. The number of amides is 2. The number of carbonyl (C=O) groups is 2. The fourth-order valence-electron chi connectivity index (χ4n) is 3.92. The summed E-state index contributed by atoms with van der Waals surface area (Å²) in [5.41, 5.74) is 1.83. The van der Waals surface area contributed by atoms with E-state index < -0.39 is 0 Å². The van der Waals surface area contributed by atoms with Crippen LogP contribution in [0.3, 0.4) is 0 Å². The number of benzene rings is 1. The van der Waals surface area contributed by atoms with Gasteiger partial charge in [-0.15, -0.1) is 0 Å². The molecule has 1 N–H and O–H groups in total. The Labute approximate surface area is 170 Å². The molecule has 0 saturated carbocycles. The van der Waals surface area contributed by atoms with Crippen LogP contribution in [0.5, 0.6) is 0 Å². The summed E-state index contributed by atoms with van der Waals surface area (Å²) < 4.78 is 0. The monoisotopic (exact) mass is 384 g/mol. The van der Waals surface area contributed by atoms with Crippen molar-refractivity contribution in [3.05, 3.63) is 47.5 Å². The van der Waals surface area contributed by atoms with Crippen molar-refractivity contribution in [2.45, 2.75) is 83.7 Å². The van der Waals surface area contributed by atoms with Gasteiger partial charge < -0.3 is 0 Å². The smallest absolute Gasteiger partial charge is 0.255 e. The number of hydrogen-bond acceptors (Lipinski definition) is 3. The van der Waals surface area contributed by atoms with Gasteiger partial charge in [-0.2, -0.15) is 0 Å². The van der Waals surface area contributed by atoms with Gasteiger partial charge in [-0.05, 0) is 19.0 Å². The number of carbonyl (C=O) groups excluding carboxylic acids is 2. The maximum atomic E-state index is 12.2. The van der Waals surface area contributed by atoms with Gasteiger partial charge in [0, 0.05) is 24.2 Å². The van der Waals surface area contributed by atoms with E-state index in [1.54, 1.807) is 0 Å². The van der Waals surface area contributed by atoms with Gasteiger partial charge in [0.15, 0.2) is 0 Å². The summed E-state index contributed by atoms with van der Waals surface area (Å²) in [7, 11) is 2.04. The van der Waals surface area contributed by atoms with Crippen LogP contribution in [-0.2, 0) is 16.1 Å². The standard InChI is InChI=1S/C24H36N2O2/c1-3-4-5-6-7-8-9-10-14-17-22(21-18-23(27)25-24(21)28)26(2)19-20-15-12-11-13-16-20/h11-13,15-16,18,22H,3-10,14,17,19H2,1-2H3,(H,25,27,28). The fourth-order valence-corrected chi connectivity index (χ4v) is 3.92. The maximum Gasteiger partial charge on any atom is 0.255 e. The zero-order chi connectivity index (χ0) is 20.2. The molecule has 1 atom stereocenters. The fraction of sp³-hybridized carbons (Fsp3) is 0.583. The number of imide groups is 1. The van der Waals surface area contributed by atoms with Gasteiger partial charge in [-0.1, -0.05) is 95.0 Å². The summed E-state index contributed by atoms with van der Waals surface area (Å²) in [5.74, 6) is -0.518. The minimum absolute atomic E-state index is 0.0174. The van der Waals surface area contributed by atoms with Crippen LogP contribution in [0.15, 0.2) is 42.0 Å². The molecular weight excluding hydrogens is 348 g/mol. The second-order valence-corrected chi connectivity index (χ2v) is 7.95. The first-order valence-electron chi connectivity index (χ1n) is 10.9. The highest BCUT2D eigenvalue weighted by Crippen LogP contribution is 2.22. The van der Waals surface area contributed by atoms with Crippen LogP contribution < -0.4 is 5.32 Å². The lowest BCUT2D eigenvalue weighted by molar-refractivity contribution is -0.124. The SMILES string of the molecule is CCCCCCCCCCCC(C1=CC(=O)NC1=O)N(C)Cc1ccccc1. The molecule has 154 valence electrons. The van der Waals surface area contributed by atoms with Crippen molar-refractivity contribution in [2.24, 2.45) is 0 Å². The molecule has 4 nitrogen and oxygen atoms in total. The second kappa shape index (κ2) is 12.5. The van der Waals surface area contributed by atoms with Gasteiger partial charge in [0.1, 0.15) is 0 Å². The molecule has 1 heterocycles. The summed E-state index contributed by atoms with van der Waals surface area (Å²) in [6.07, 6.45) is 13.9. The lowest BCUT2D eigenvalue weighted by Gasteiger charge is -2.28. The third kappa shape index (κ3) is 7.59. The third-order valence-corrected chi connectivity index (χ3v) is 5.53. The van der Waals surface area contributed by atoms with Gasteiger partial charge in [0.2, 0.25) is 0 Å². The van der Waals surface area contributed by atoms with E-state index in [1.165, 1.54) is 63.0 Å². The molecule has 0 bridgehead atoms. The van der Waals surface area contributed by atoms with E-state index in [1.807, 2.05) is 25.2 Å². The Hall–Kier alpha value is -1.94. The largest absolute Gasteiger partial charge is 0.295 e. The van der Waals surface area contributed by atoms with Crippen molar-refractivity contribution in [1.29, 1.82) is 0 Å². The third-order valence-electron chi connectivity index (χ3n) is 5.53. The average Bonchev–Trinajstić information content (AvgIpc) is 3.02. The van der Waals surface area contributed by atoms with Crippen LogP contribution in [0, 0.1) is 0 Å². The molecule has 1 aliphatic rings. The van der Waals surface area contributed by atoms with Crippen LogP contribution in [-0.4, -0.2) is 29.8 Å². The minimum Gasteiger partial charge on any atom is -0.295 e. The topological polar surface area (TPSA) is 49.4 Å². The molecule has 1 aliphatic heterocycles. The molecule has 4 heteroatoms. The van der Waals surface area contributed by atoms with Crippen molar-refractivity contribution in [3.63, 3.8) is 0 Å². The summed E-state index contributed by atoms with van der Waals surface area (Å²) in [6, 6.07) is 10.2. The second-order valence-electron chi connectivity index (χ2n) is 7.95. The Kier molecular flexibility index (Phi) is 9.98. The van der Waals surface area contributed by atoms with Crippen LogP contribution in [0.4, 0.5) is 0 Å². The van der Waals surface area contributed by atoms with Crippen LogP contribution in [0.2, 0.25) is 0 Å². The van der Waals surface area contributed by atoms with Crippen LogP contribution >= 0.6 is 0 Å². The van der Waals surface area contributed by atoms with E-state index in [9.17, 15) is 9.59 Å². The van der Waals surface area contributed by atoms with Gasteiger partial charge >= 0.3 is 0 Å². The van der Waals surface area contributed by atoms with E-state index in [0.29, 0.717) is 5.57 Å². The zero-order valence-corrected chi connectivity index (χ0v) is 17.6. The minimum atomic E-state index is -0.287. The van der Waals surface area contributed by atoms with Crippen molar-refractivity contribution >= 4 is 11.8 Å². The lowest BCUT2D eigenvalue weighted by Crippen LogP contribution is -2.36. The number of rotatable bonds is 14. The first kappa shape index (κ1) is 22.4. The first-order chi connectivity index (χ1) is 13.6. The Morgan fingerprint density at radius 3 is 2.07 bits per heavy atom. The quantitative estimate of drug-likeness (QED) is 0.363. The predicted octanol–water partition coefficient (Wildman–Crippen LogP) is 4.99. The van der Waals surface area contributed by atoms with Gasteiger partial charge in [-0.25, -0.2) is 0 Å². The Bertz CT molecular complexity index is 639. The molecule has 1 unspecified atom stereocenters. The molecule has 0 fully saturated rings.